The Hall–Kier alpha value is -1.57. The van der Waals surface area contributed by atoms with Gasteiger partial charge in [-0.2, -0.15) is 0 Å². The summed E-state index contributed by atoms with van der Waals surface area (Å²) < 4.78 is 0. The van der Waals surface area contributed by atoms with Crippen molar-refractivity contribution in [2.24, 2.45) is 11.3 Å². The lowest BCUT2D eigenvalue weighted by atomic mass is 9.88. The zero-order valence-corrected chi connectivity index (χ0v) is 15.0. The number of carbonyl (C=O) groups excluding carboxylic acids is 1. The van der Waals surface area contributed by atoms with E-state index in [1.165, 1.54) is 11.1 Å². The Balaban J connectivity index is 2.89. The van der Waals surface area contributed by atoms with Crippen molar-refractivity contribution in [2.75, 3.05) is 13.1 Å². The highest BCUT2D eigenvalue weighted by atomic mass is 16.2. The van der Waals surface area contributed by atoms with Crippen molar-refractivity contribution >= 4 is 12.0 Å². The van der Waals surface area contributed by atoms with E-state index in [2.05, 4.69) is 45.9 Å². The normalized spacial score (nSPS) is 12.6. The van der Waals surface area contributed by atoms with Crippen LogP contribution in [-0.2, 0) is 4.79 Å². The van der Waals surface area contributed by atoms with Gasteiger partial charge in [-0.3, -0.25) is 4.79 Å². The molecule has 0 aliphatic heterocycles. The number of benzene rings is 1. The highest BCUT2D eigenvalue weighted by Crippen LogP contribution is 2.24. The predicted octanol–water partition coefficient (Wildman–Crippen LogP) is 5.01. The first-order valence-electron chi connectivity index (χ1n) is 8.28. The molecule has 0 aromatic heterocycles. The molecule has 0 saturated heterocycles. The van der Waals surface area contributed by atoms with Gasteiger partial charge in [0, 0.05) is 18.5 Å². The Morgan fingerprint density at radius 1 is 1.23 bits per heavy atom. The molecule has 0 fully saturated rings. The lowest BCUT2D eigenvalue weighted by Crippen LogP contribution is -2.43. The number of rotatable bonds is 7. The molecule has 0 spiro atoms. The quantitative estimate of drug-likeness (QED) is 0.693. The van der Waals surface area contributed by atoms with Crippen LogP contribution in [0.3, 0.4) is 0 Å². The molecule has 1 aromatic carbocycles. The van der Waals surface area contributed by atoms with E-state index in [1.54, 1.807) is 0 Å². The van der Waals surface area contributed by atoms with Crippen molar-refractivity contribution in [3.05, 3.63) is 41.5 Å². The maximum atomic E-state index is 12.8. The number of carbonyl (C=O) groups is 1. The van der Waals surface area contributed by atoms with Gasteiger partial charge in [0.25, 0.3) is 0 Å². The fraction of sp³-hybridized carbons (Fsp3) is 0.550. The van der Waals surface area contributed by atoms with Gasteiger partial charge in [-0.05, 0) is 24.8 Å². The Bertz CT molecular complexity index is 500. The number of amides is 1. The lowest BCUT2D eigenvalue weighted by molar-refractivity contribution is -0.140. The van der Waals surface area contributed by atoms with Crippen LogP contribution in [0.2, 0.25) is 0 Å². The molecular weight excluding hydrogens is 270 g/mol. The highest BCUT2D eigenvalue weighted by Gasteiger charge is 2.30. The lowest BCUT2D eigenvalue weighted by Gasteiger charge is -2.32. The Morgan fingerprint density at radius 3 is 2.32 bits per heavy atom. The van der Waals surface area contributed by atoms with E-state index in [0.29, 0.717) is 12.5 Å². The standard InChI is InChI=1S/C20H31NO/c1-7-20(5,6)19(22)21(14-16(2)3)15-17(4)13-18-11-9-8-10-12-18/h8-13,16H,7,14-15H2,1-6H3/b17-13+. The van der Waals surface area contributed by atoms with Gasteiger partial charge >= 0.3 is 0 Å². The summed E-state index contributed by atoms with van der Waals surface area (Å²) >= 11 is 0. The molecular formula is C20H31NO. The van der Waals surface area contributed by atoms with E-state index in [0.717, 1.165) is 13.0 Å². The molecule has 22 heavy (non-hydrogen) atoms. The molecule has 0 aliphatic carbocycles. The molecule has 0 bridgehead atoms. The molecule has 0 atom stereocenters. The largest absolute Gasteiger partial charge is 0.338 e. The summed E-state index contributed by atoms with van der Waals surface area (Å²) in [7, 11) is 0. The monoisotopic (exact) mass is 301 g/mol. The van der Waals surface area contributed by atoms with Gasteiger partial charge in [0.15, 0.2) is 0 Å². The third-order valence-electron chi connectivity index (χ3n) is 3.99. The molecule has 0 heterocycles. The molecule has 2 heteroatoms. The van der Waals surface area contributed by atoms with E-state index in [9.17, 15) is 4.79 Å². The van der Waals surface area contributed by atoms with E-state index in [1.807, 2.05) is 36.9 Å². The zero-order chi connectivity index (χ0) is 16.8. The van der Waals surface area contributed by atoms with Crippen LogP contribution in [0.25, 0.3) is 6.08 Å². The van der Waals surface area contributed by atoms with Crippen molar-refractivity contribution in [1.82, 2.24) is 4.90 Å². The third-order valence-corrected chi connectivity index (χ3v) is 3.99. The topological polar surface area (TPSA) is 20.3 Å². The predicted molar refractivity (Wildman–Crippen MR) is 95.6 cm³/mol. The first-order valence-corrected chi connectivity index (χ1v) is 8.28. The van der Waals surface area contributed by atoms with Crippen molar-refractivity contribution < 1.29 is 4.79 Å². The summed E-state index contributed by atoms with van der Waals surface area (Å²) in [6.45, 7) is 14.1. The Morgan fingerprint density at radius 2 is 1.82 bits per heavy atom. The average molecular weight is 301 g/mol. The first-order chi connectivity index (χ1) is 10.3. The molecule has 0 radical (unpaired) electrons. The summed E-state index contributed by atoms with van der Waals surface area (Å²) in [4.78, 5) is 14.8. The molecule has 1 aromatic rings. The second kappa shape index (κ2) is 8.17. The van der Waals surface area contributed by atoms with Crippen LogP contribution in [0.15, 0.2) is 35.9 Å². The minimum Gasteiger partial charge on any atom is -0.338 e. The van der Waals surface area contributed by atoms with Gasteiger partial charge in [-0.25, -0.2) is 0 Å². The van der Waals surface area contributed by atoms with Gasteiger partial charge < -0.3 is 4.90 Å². The number of hydrogen-bond acceptors (Lipinski definition) is 1. The van der Waals surface area contributed by atoms with Crippen LogP contribution in [0.4, 0.5) is 0 Å². The van der Waals surface area contributed by atoms with Crippen LogP contribution in [0.5, 0.6) is 0 Å². The van der Waals surface area contributed by atoms with Gasteiger partial charge in [0.2, 0.25) is 5.91 Å². The smallest absolute Gasteiger partial charge is 0.228 e. The van der Waals surface area contributed by atoms with E-state index in [4.69, 9.17) is 0 Å². The van der Waals surface area contributed by atoms with Crippen molar-refractivity contribution in [3.8, 4) is 0 Å². The summed E-state index contributed by atoms with van der Waals surface area (Å²) in [6, 6.07) is 10.3. The molecule has 0 unspecified atom stereocenters. The van der Waals surface area contributed by atoms with Crippen LogP contribution >= 0.6 is 0 Å². The average Bonchev–Trinajstić information content (AvgIpc) is 2.46. The van der Waals surface area contributed by atoms with Gasteiger partial charge in [-0.15, -0.1) is 0 Å². The van der Waals surface area contributed by atoms with E-state index < -0.39 is 0 Å². The Kier molecular flexibility index (Phi) is 6.86. The molecule has 1 amide bonds. The summed E-state index contributed by atoms with van der Waals surface area (Å²) in [5, 5.41) is 0. The fourth-order valence-corrected chi connectivity index (χ4v) is 2.42. The summed E-state index contributed by atoms with van der Waals surface area (Å²) in [5.74, 6) is 0.727. The van der Waals surface area contributed by atoms with Crippen molar-refractivity contribution in [2.45, 2.75) is 48.0 Å². The van der Waals surface area contributed by atoms with E-state index in [-0.39, 0.29) is 11.3 Å². The summed E-state index contributed by atoms with van der Waals surface area (Å²) in [5.41, 5.74) is 2.11. The molecule has 0 N–H and O–H groups in total. The maximum absolute atomic E-state index is 12.8. The van der Waals surface area contributed by atoms with Crippen LogP contribution in [0, 0.1) is 11.3 Å². The van der Waals surface area contributed by atoms with Crippen molar-refractivity contribution in [1.29, 1.82) is 0 Å². The fourth-order valence-electron chi connectivity index (χ4n) is 2.42. The second-order valence-corrected chi connectivity index (χ2v) is 7.22. The van der Waals surface area contributed by atoms with Crippen LogP contribution in [-0.4, -0.2) is 23.9 Å². The van der Waals surface area contributed by atoms with Gasteiger partial charge in [0.05, 0.1) is 0 Å². The second-order valence-electron chi connectivity index (χ2n) is 7.22. The highest BCUT2D eigenvalue weighted by molar-refractivity contribution is 5.82. The maximum Gasteiger partial charge on any atom is 0.228 e. The van der Waals surface area contributed by atoms with Gasteiger partial charge in [0.1, 0.15) is 0 Å². The number of nitrogens with zero attached hydrogens (tertiary/aromatic N) is 1. The molecule has 122 valence electrons. The summed E-state index contributed by atoms with van der Waals surface area (Å²) in [6.07, 6.45) is 3.03. The van der Waals surface area contributed by atoms with Crippen LogP contribution in [0.1, 0.15) is 53.5 Å². The number of hydrogen-bond donors (Lipinski definition) is 0. The Labute approximate surface area is 136 Å². The first kappa shape index (κ1) is 18.5. The molecule has 1 rings (SSSR count). The minimum absolute atomic E-state index is 0.254. The zero-order valence-electron chi connectivity index (χ0n) is 15.0. The van der Waals surface area contributed by atoms with E-state index >= 15 is 0 Å². The molecule has 0 saturated carbocycles. The van der Waals surface area contributed by atoms with Gasteiger partial charge in [-0.1, -0.05) is 76.6 Å². The molecule has 2 nitrogen and oxygen atoms in total. The van der Waals surface area contributed by atoms with Crippen LogP contribution < -0.4 is 0 Å². The SMILES string of the molecule is CCC(C)(C)C(=O)N(C/C(C)=C/c1ccccc1)CC(C)C. The third kappa shape index (κ3) is 5.67. The minimum atomic E-state index is -0.290. The van der Waals surface area contributed by atoms with Crippen molar-refractivity contribution in [3.63, 3.8) is 0 Å². The molecule has 0 aliphatic rings.